The molecule has 0 atom stereocenters. The highest BCUT2D eigenvalue weighted by atomic mass is 32.1. The maximum Gasteiger partial charge on any atom is 0.291 e. The van der Waals surface area contributed by atoms with Crippen molar-refractivity contribution >= 4 is 28.9 Å². The second-order valence-corrected chi connectivity index (χ2v) is 7.68. The van der Waals surface area contributed by atoms with Crippen molar-refractivity contribution in [3.8, 4) is 11.4 Å². The summed E-state index contributed by atoms with van der Waals surface area (Å²) in [6.45, 7) is 0.540. The summed E-state index contributed by atoms with van der Waals surface area (Å²) in [4.78, 5) is 20.2. The maximum atomic E-state index is 12.9. The molecule has 0 aliphatic heterocycles. The van der Waals surface area contributed by atoms with E-state index in [1.54, 1.807) is 6.07 Å². The Labute approximate surface area is 173 Å². The van der Waals surface area contributed by atoms with Crippen molar-refractivity contribution in [2.45, 2.75) is 6.54 Å². The Morgan fingerprint density at radius 2 is 1.79 bits per heavy atom. The average Bonchev–Trinajstić information content (AvgIpc) is 3.43. The van der Waals surface area contributed by atoms with Gasteiger partial charge >= 0.3 is 0 Å². The number of hydrogen-bond donors (Lipinski definition) is 1. The zero-order chi connectivity index (χ0) is 20.2. The second kappa shape index (κ2) is 8.28. The second-order valence-electron chi connectivity index (χ2n) is 6.73. The van der Waals surface area contributed by atoms with Crippen LogP contribution in [0.5, 0.6) is 0 Å². The molecule has 2 heterocycles. The van der Waals surface area contributed by atoms with Crippen molar-refractivity contribution in [2.24, 2.45) is 0 Å². The predicted octanol–water partition coefficient (Wildman–Crippen LogP) is 4.37. The zero-order valence-electron chi connectivity index (χ0n) is 16.2. The Kier molecular flexibility index (Phi) is 5.39. The molecule has 0 aliphatic rings. The van der Waals surface area contributed by atoms with Gasteiger partial charge in [0.1, 0.15) is 0 Å². The average molecular weight is 404 g/mol. The first-order valence-electron chi connectivity index (χ1n) is 9.22. The molecule has 2 aromatic carbocycles. The van der Waals surface area contributed by atoms with Gasteiger partial charge in [-0.2, -0.15) is 9.67 Å². The van der Waals surface area contributed by atoms with Crippen LogP contribution in [0.1, 0.15) is 15.2 Å². The third-order valence-electron chi connectivity index (χ3n) is 4.47. The normalized spacial score (nSPS) is 10.7. The van der Waals surface area contributed by atoms with Crippen LogP contribution in [0.4, 0.5) is 11.6 Å². The molecule has 0 spiro atoms. The molecule has 0 radical (unpaired) electrons. The Hall–Kier alpha value is -3.45. The summed E-state index contributed by atoms with van der Waals surface area (Å²) in [6, 6.07) is 21.5. The van der Waals surface area contributed by atoms with Gasteiger partial charge in [0.05, 0.1) is 4.88 Å². The van der Waals surface area contributed by atoms with Gasteiger partial charge in [-0.15, -0.1) is 16.4 Å². The summed E-state index contributed by atoms with van der Waals surface area (Å²) in [6.07, 6.45) is 0. The number of hydrogen-bond acceptors (Lipinski definition) is 6. The van der Waals surface area contributed by atoms with E-state index in [2.05, 4.69) is 44.6 Å². The molecule has 1 N–H and O–H groups in total. The van der Waals surface area contributed by atoms with E-state index in [1.165, 1.54) is 16.0 Å². The van der Waals surface area contributed by atoms with Gasteiger partial charge in [-0.3, -0.25) is 4.79 Å². The summed E-state index contributed by atoms with van der Waals surface area (Å²) < 4.78 is 1.35. The summed E-state index contributed by atoms with van der Waals surface area (Å²) in [7, 11) is 4.02. The highest BCUT2D eigenvalue weighted by Crippen LogP contribution is 2.21. The molecule has 4 aromatic rings. The van der Waals surface area contributed by atoms with Crippen LogP contribution in [0, 0.1) is 0 Å². The van der Waals surface area contributed by atoms with Crippen molar-refractivity contribution in [1.82, 2.24) is 14.8 Å². The van der Waals surface area contributed by atoms with E-state index in [0.29, 0.717) is 23.2 Å². The first kappa shape index (κ1) is 18.9. The highest BCUT2D eigenvalue weighted by Gasteiger charge is 2.19. The van der Waals surface area contributed by atoms with Crippen LogP contribution in [0.15, 0.2) is 72.1 Å². The largest absolute Gasteiger partial charge is 0.378 e. The Bertz CT molecular complexity index is 1090. The molecule has 7 heteroatoms. The van der Waals surface area contributed by atoms with Crippen molar-refractivity contribution in [1.29, 1.82) is 0 Å². The monoisotopic (exact) mass is 403 g/mol. The number of carbonyl (C=O) groups excluding carboxylic acids is 1. The van der Waals surface area contributed by atoms with Gasteiger partial charge in [0, 0.05) is 31.9 Å². The van der Waals surface area contributed by atoms with E-state index in [0.717, 1.165) is 16.8 Å². The summed E-state index contributed by atoms with van der Waals surface area (Å²) in [5, 5.41) is 9.63. The highest BCUT2D eigenvalue weighted by molar-refractivity contribution is 7.12. The number of anilines is 2. The van der Waals surface area contributed by atoms with Crippen LogP contribution in [-0.4, -0.2) is 34.8 Å². The minimum absolute atomic E-state index is 0.194. The van der Waals surface area contributed by atoms with Gasteiger partial charge in [-0.25, -0.2) is 0 Å². The molecule has 0 fully saturated rings. The van der Waals surface area contributed by atoms with E-state index >= 15 is 0 Å². The van der Waals surface area contributed by atoms with E-state index in [4.69, 9.17) is 0 Å². The Balaban J connectivity index is 1.62. The molecule has 0 aliphatic carbocycles. The summed E-state index contributed by atoms with van der Waals surface area (Å²) >= 11 is 1.39. The molecule has 0 amide bonds. The SMILES string of the molecule is CN(C)c1ccc(CNc2nc(-c3ccccc3)nn2C(=O)c2cccs2)cc1. The standard InChI is InChI=1S/C22H21N5OS/c1-26(2)18-12-10-16(11-13-18)15-23-22-24-20(17-7-4-3-5-8-17)25-27(22)21(28)19-9-6-14-29-19/h3-14H,15H2,1-2H3,(H,23,24,25). The summed E-state index contributed by atoms with van der Waals surface area (Å²) in [5.41, 5.74) is 3.09. The lowest BCUT2D eigenvalue weighted by Crippen LogP contribution is -2.16. The zero-order valence-corrected chi connectivity index (χ0v) is 17.1. The van der Waals surface area contributed by atoms with E-state index < -0.39 is 0 Å². The van der Waals surface area contributed by atoms with Crippen molar-refractivity contribution in [3.63, 3.8) is 0 Å². The molecular formula is C22H21N5OS. The first-order chi connectivity index (χ1) is 14.1. The van der Waals surface area contributed by atoms with E-state index in [9.17, 15) is 4.79 Å². The van der Waals surface area contributed by atoms with Crippen LogP contribution >= 0.6 is 11.3 Å². The van der Waals surface area contributed by atoms with Crippen LogP contribution in [0.2, 0.25) is 0 Å². The molecule has 6 nitrogen and oxygen atoms in total. The number of benzene rings is 2. The van der Waals surface area contributed by atoms with Crippen LogP contribution < -0.4 is 10.2 Å². The Morgan fingerprint density at radius 3 is 2.45 bits per heavy atom. The molecule has 0 unspecified atom stereocenters. The predicted molar refractivity (Wildman–Crippen MR) is 118 cm³/mol. The number of rotatable bonds is 6. The first-order valence-corrected chi connectivity index (χ1v) is 10.1. The lowest BCUT2D eigenvalue weighted by molar-refractivity contribution is 0.0951. The fraction of sp³-hybridized carbons (Fsp3) is 0.136. The van der Waals surface area contributed by atoms with Gasteiger partial charge in [0.25, 0.3) is 5.91 Å². The van der Waals surface area contributed by atoms with Crippen LogP contribution in [0.3, 0.4) is 0 Å². The van der Waals surface area contributed by atoms with Gasteiger partial charge in [-0.05, 0) is 29.1 Å². The maximum absolute atomic E-state index is 12.9. The minimum Gasteiger partial charge on any atom is -0.378 e. The molecule has 146 valence electrons. The van der Waals surface area contributed by atoms with Gasteiger partial charge < -0.3 is 10.2 Å². The molecule has 0 bridgehead atoms. The van der Waals surface area contributed by atoms with Gasteiger partial charge in [0.2, 0.25) is 5.95 Å². The fourth-order valence-corrected chi connectivity index (χ4v) is 3.52. The Morgan fingerprint density at radius 1 is 1.03 bits per heavy atom. The molecular weight excluding hydrogens is 382 g/mol. The number of nitrogens with zero attached hydrogens (tertiary/aromatic N) is 4. The van der Waals surface area contributed by atoms with Crippen molar-refractivity contribution in [3.05, 3.63) is 82.6 Å². The number of aromatic nitrogens is 3. The summed E-state index contributed by atoms with van der Waals surface area (Å²) in [5.74, 6) is 0.750. The van der Waals surface area contributed by atoms with Crippen LogP contribution in [-0.2, 0) is 6.54 Å². The third kappa shape index (κ3) is 4.20. The number of nitrogens with one attached hydrogen (secondary N) is 1. The van der Waals surface area contributed by atoms with E-state index in [1.807, 2.05) is 55.9 Å². The topological polar surface area (TPSA) is 63.0 Å². The molecule has 4 rings (SSSR count). The van der Waals surface area contributed by atoms with Crippen LogP contribution in [0.25, 0.3) is 11.4 Å². The lowest BCUT2D eigenvalue weighted by Gasteiger charge is -2.13. The molecule has 29 heavy (non-hydrogen) atoms. The van der Waals surface area contributed by atoms with Crippen molar-refractivity contribution in [2.75, 3.05) is 24.3 Å². The lowest BCUT2D eigenvalue weighted by atomic mass is 10.2. The third-order valence-corrected chi connectivity index (χ3v) is 5.32. The minimum atomic E-state index is -0.194. The van der Waals surface area contributed by atoms with Gasteiger partial charge in [0.15, 0.2) is 5.82 Å². The number of carbonyl (C=O) groups is 1. The van der Waals surface area contributed by atoms with Crippen molar-refractivity contribution < 1.29 is 4.79 Å². The van der Waals surface area contributed by atoms with E-state index in [-0.39, 0.29) is 5.91 Å². The number of thiophene rings is 1. The molecule has 0 saturated carbocycles. The molecule has 0 saturated heterocycles. The smallest absolute Gasteiger partial charge is 0.291 e. The van der Waals surface area contributed by atoms with Gasteiger partial charge in [-0.1, -0.05) is 48.5 Å². The quantitative estimate of drug-likeness (QED) is 0.518. The molecule has 2 aromatic heterocycles. The fourth-order valence-electron chi connectivity index (χ4n) is 2.88.